The standard InChI is InChI=1S/C13H16BrN3O3/c14-8-5-10(13(19)20)12(16-6-8)17(7-11(15)18)9-3-1-2-4-9/h5-6,9H,1-4,7H2,(H2,15,18)(H,19,20). The van der Waals surface area contributed by atoms with Gasteiger partial charge < -0.3 is 15.7 Å². The highest BCUT2D eigenvalue weighted by atomic mass is 79.9. The number of aromatic nitrogens is 1. The number of pyridine rings is 1. The summed E-state index contributed by atoms with van der Waals surface area (Å²) >= 11 is 3.21. The monoisotopic (exact) mass is 341 g/mol. The number of anilines is 1. The van der Waals surface area contributed by atoms with Crippen molar-refractivity contribution in [2.24, 2.45) is 5.73 Å². The van der Waals surface area contributed by atoms with Gasteiger partial charge in [-0.2, -0.15) is 0 Å². The fourth-order valence-electron chi connectivity index (χ4n) is 2.58. The molecule has 0 radical (unpaired) electrons. The van der Waals surface area contributed by atoms with Crippen LogP contribution in [0.2, 0.25) is 0 Å². The first-order valence-corrected chi connectivity index (χ1v) is 7.22. The van der Waals surface area contributed by atoms with Crippen molar-refractivity contribution in [1.82, 2.24) is 4.98 Å². The number of rotatable bonds is 5. The third-order valence-electron chi connectivity index (χ3n) is 3.43. The van der Waals surface area contributed by atoms with Crippen LogP contribution in [0.25, 0.3) is 0 Å². The van der Waals surface area contributed by atoms with Crippen LogP contribution in [0.15, 0.2) is 16.7 Å². The van der Waals surface area contributed by atoms with Crippen molar-refractivity contribution < 1.29 is 14.7 Å². The maximum absolute atomic E-state index is 11.4. The second kappa shape index (κ2) is 6.21. The molecule has 2 rings (SSSR count). The Morgan fingerprint density at radius 1 is 1.45 bits per heavy atom. The maximum atomic E-state index is 11.4. The molecule has 1 fully saturated rings. The highest BCUT2D eigenvalue weighted by Crippen LogP contribution is 2.30. The number of carboxylic acids is 1. The van der Waals surface area contributed by atoms with E-state index in [1.54, 1.807) is 4.90 Å². The molecule has 108 valence electrons. The second-order valence-electron chi connectivity index (χ2n) is 4.86. The molecule has 0 unspecified atom stereocenters. The molecule has 0 aromatic carbocycles. The molecule has 3 N–H and O–H groups in total. The number of hydrogen-bond donors (Lipinski definition) is 2. The molecular weight excluding hydrogens is 326 g/mol. The number of carbonyl (C=O) groups is 2. The van der Waals surface area contributed by atoms with Gasteiger partial charge in [0.05, 0.1) is 6.54 Å². The van der Waals surface area contributed by atoms with Crippen LogP contribution in [0.5, 0.6) is 0 Å². The van der Waals surface area contributed by atoms with Gasteiger partial charge in [0, 0.05) is 16.7 Å². The molecule has 0 saturated heterocycles. The zero-order valence-corrected chi connectivity index (χ0v) is 12.5. The maximum Gasteiger partial charge on any atom is 0.339 e. The minimum Gasteiger partial charge on any atom is -0.478 e. The van der Waals surface area contributed by atoms with Gasteiger partial charge in [0.2, 0.25) is 5.91 Å². The van der Waals surface area contributed by atoms with Crippen LogP contribution in [0.3, 0.4) is 0 Å². The van der Waals surface area contributed by atoms with Crippen LogP contribution >= 0.6 is 15.9 Å². The predicted octanol–water partition coefficient (Wildman–Crippen LogP) is 1.78. The molecule has 0 atom stereocenters. The van der Waals surface area contributed by atoms with E-state index in [2.05, 4.69) is 20.9 Å². The quantitative estimate of drug-likeness (QED) is 0.850. The topological polar surface area (TPSA) is 96.5 Å². The lowest BCUT2D eigenvalue weighted by Crippen LogP contribution is -2.41. The lowest BCUT2D eigenvalue weighted by Gasteiger charge is -2.29. The van der Waals surface area contributed by atoms with Crippen LogP contribution in [-0.4, -0.2) is 34.6 Å². The fourth-order valence-corrected chi connectivity index (χ4v) is 2.91. The van der Waals surface area contributed by atoms with E-state index >= 15 is 0 Å². The molecule has 1 heterocycles. The second-order valence-corrected chi connectivity index (χ2v) is 5.78. The summed E-state index contributed by atoms with van der Waals surface area (Å²) in [7, 11) is 0. The zero-order chi connectivity index (χ0) is 14.7. The minimum absolute atomic E-state index is 0.0143. The van der Waals surface area contributed by atoms with E-state index in [9.17, 15) is 14.7 Å². The molecule has 0 bridgehead atoms. The van der Waals surface area contributed by atoms with E-state index in [-0.39, 0.29) is 18.2 Å². The van der Waals surface area contributed by atoms with Crippen molar-refractivity contribution in [3.8, 4) is 0 Å². The number of nitrogens with zero attached hydrogens (tertiary/aromatic N) is 2. The lowest BCUT2D eigenvalue weighted by atomic mass is 10.1. The normalized spacial score (nSPS) is 15.2. The third kappa shape index (κ3) is 3.27. The van der Waals surface area contributed by atoms with Crippen LogP contribution < -0.4 is 10.6 Å². The largest absolute Gasteiger partial charge is 0.478 e. The summed E-state index contributed by atoms with van der Waals surface area (Å²) in [6, 6.07) is 1.61. The van der Waals surface area contributed by atoms with Crippen LogP contribution in [0.1, 0.15) is 36.0 Å². The Hall–Kier alpha value is -1.63. The Morgan fingerprint density at radius 2 is 2.10 bits per heavy atom. The first-order valence-electron chi connectivity index (χ1n) is 6.43. The number of hydrogen-bond acceptors (Lipinski definition) is 4. The molecule has 1 aromatic rings. The Kier molecular flexibility index (Phi) is 4.59. The van der Waals surface area contributed by atoms with E-state index < -0.39 is 11.9 Å². The number of nitrogens with two attached hydrogens (primary N) is 1. The summed E-state index contributed by atoms with van der Waals surface area (Å²) in [6.45, 7) is -0.0143. The number of halogens is 1. The molecule has 1 aliphatic carbocycles. The molecule has 20 heavy (non-hydrogen) atoms. The van der Waals surface area contributed by atoms with Crippen molar-refractivity contribution in [3.05, 3.63) is 22.3 Å². The predicted molar refractivity (Wildman–Crippen MR) is 77.7 cm³/mol. The molecule has 1 amide bonds. The summed E-state index contributed by atoms with van der Waals surface area (Å²) in [4.78, 5) is 28.6. The molecule has 0 spiro atoms. The van der Waals surface area contributed by atoms with Crippen LogP contribution in [0, 0.1) is 0 Å². The van der Waals surface area contributed by atoms with Crippen molar-refractivity contribution in [2.45, 2.75) is 31.7 Å². The number of carboxylic acid groups (broad SMARTS) is 1. The van der Waals surface area contributed by atoms with Gasteiger partial charge in [-0.25, -0.2) is 9.78 Å². The molecule has 0 aliphatic heterocycles. The van der Waals surface area contributed by atoms with Gasteiger partial charge in [-0.3, -0.25) is 4.79 Å². The summed E-state index contributed by atoms with van der Waals surface area (Å²) in [6.07, 6.45) is 5.51. The van der Waals surface area contributed by atoms with E-state index in [1.807, 2.05) is 0 Å². The van der Waals surface area contributed by atoms with Crippen molar-refractivity contribution >= 4 is 33.6 Å². The minimum atomic E-state index is -1.07. The van der Waals surface area contributed by atoms with Gasteiger partial charge in [-0.1, -0.05) is 12.8 Å². The first-order chi connectivity index (χ1) is 9.49. The third-order valence-corrected chi connectivity index (χ3v) is 3.86. The van der Waals surface area contributed by atoms with Gasteiger partial charge in [-0.15, -0.1) is 0 Å². The van der Waals surface area contributed by atoms with Crippen LogP contribution in [0.4, 0.5) is 5.82 Å². The van der Waals surface area contributed by atoms with Crippen molar-refractivity contribution in [3.63, 3.8) is 0 Å². The smallest absolute Gasteiger partial charge is 0.339 e. The summed E-state index contributed by atoms with van der Waals surface area (Å²) in [5, 5.41) is 9.31. The summed E-state index contributed by atoms with van der Waals surface area (Å²) < 4.78 is 0.587. The number of primary amides is 1. The highest BCUT2D eigenvalue weighted by molar-refractivity contribution is 9.10. The van der Waals surface area contributed by atoms with Gasteiger partial charge in [0.1, 0.15) is 11.4 Å². The van der Waals surface area contributed by atoms with E-state index in [1.165, 1.54) is 12.3 Å². The van der Waals surface area contributed by atoms with Gasteiger partial charge in [0.25, 0.3) is 0 Å². The van der Waals surface area contributed by atoms with Gasteiger partial charge in [0.15, 0.2) is 0 Å². The van der Waals surface area contributed by atoms with Gasteiger partial charge >= 0.3 is 5.97 Å². The molecule has 1 aromatic heterocycles. The van der Waals surface area contributed by atoms with Gasteiger partial charge in [-0.05, 0) is 34.8 Å². The number of carbonyl (C=O) groups excluding carboxylic acids is 1. The average molecular weight is 342 g/mol. The van der Waals surface area contributed by atoms with Crippen LogP contribution in [-0.2, 0) is 4.79 Å². The fraction of sp³-hybridized carbons (Fsp3) is 0.462. The Balaban J connectivity index is 2.41. The van der Waals surface area contributed by atoms with E-state index in [0.717, 1.165) is 25.7 Å². The van der Waals surface area contributed by atoms with E-state index in [0.29, 0.717) is 10.3 Å². The molecule has 1 aliphatic rings. The Labute approximate surface area is 125 Å². The molecule has 1 saturated carbocycles. The molecular formula is C13H16BrN3O3. The first kappa shape index (κ1) is 14.8. The SMILES string of the molecule is NC(=O)CN(c1ncc(Br)cc1C(=O)O)C1CCCC1. The van der Waals surface area contributed by atoms with E-state index in [4.69, 9.17) is 5.73 Å². The average Bonchev–Trinajstić information content (AvgIpc) is 2.89. The Morgan fingerprint density at radius 3 is 2.65 bits per heavy atom. The number of aromatic carboxylic acids is 1. The molecule has 6 nitrogen and oxygen atoms in total. The van der Waals surface area contributed by atoms with Crippen molar-refractivity contribution in [2.75, 3.05) is 11.4 Å². The summed E-state index contributed by atoms with van der Waals surface area (Å²) in [5.41, 5.74) is 5.37. The zero-order valence-electron chi connectivity index (χ0n) is 10.9. The Bertz CT molecular complexity index is 530. The molecule has 7 heteroatoms. The summed E-state index contributed by atoms with van der Waals surface area (Å²) in [5.74, 6) is -1.24. The van der Waals surface area contributed by atoms with Crippen molar-refractivity contribution in [1.29, 1.82) is 0 Å². The highest BCUT2D eigenvalue weighted by Gasteiger charge is 2.28. The lowest BCUT2D eigenvalue weighted by molar-refractivity contribution is -0.116. The number of amides is 1.